The third kappa shape index (κ3) is 2.50. The van der Waals surface area contributed by atoms with Crippen molar-refractivity contribution in [2.24, 2.45) is 17.3 Å². The summed E-state index contributed by atoms with van der Waals surface area (Å²) in [5.41, 5.74) is 0.510. The van der Waals surface area contributed by atoms with Gasteiger partial charge in [0.15, 0.2) is 0 Å². The SMILES string of the molecule is [CH2]C(C)C(CC)C(C)(CC)CC. The van der Waals surface area contributed by atoms with Crippen LogP contribution in [0.1, 0.15) is 53.9 Å². The van der Waals surface area contributed by atoms with Crippen LogP contribution in [0.5, 0.6) is 0 Å². The van der Waals surface area contributed by atoms with Gasteiger partial charge in [-0.2, -0.15) is 0 Å². The van der Waals surface area contributed by atoms with Crippen molar-refractivity contribution < 1.29 is 0 Å². The summed E-state index contributed by atoms with van der Waals surface area (Å²) in [6.07, 6.45) is 3.83. The van der Waals surface area contributed by atoms with Crippen LogP contribution in [0.15, 0.2) is 0 Å². The van der Waals surface area contributed by atoms with Gasteiger partial charge in [-0.05, 0) is 17.3 Å². The highest BCUT2D eigenvalue weighted by molar-refractivity contribution is 4.83. The van der Waals surface area contributed by atoms with E-state index < -0.39 is 0 Å². The van der Waals surface area contributed by atoms with Crippen LogP contribution in [0.3, 0.4) is 0 Å². The second-order valence-corrected chi connectivity index (χ2v) is 4.35. The molecule has 0 heterocycles. The molecule has 73 valence electrons. The second-order valence-electron chi connectivity index (χ2n) is 4.35. The van der Waals surface area contributed by atoms with E-state index in [2.05, 4.69) is 41.5 Å². The Hall–Kier alpha value is 0. The topological polar surface area (TPSA) is 0 Å². The van der Waals surface area contributed by atoms with Gasteiger partial charge >= 0.3 is 0 Å². The predicted molar refractivity (Wildman–Crippen MR) is 57.0 cm³/mol. The lowest BCUT2D eigenvalue weighted by Gasteiger charge is -2.38. The smallest absolute Gasteiger partial charge is 0.0300 e. The van der Waals surface area contributed by atoms with Crippen molar-refractivity contribution in [3.8, 4) is 0 Å². The molecule has 0 saturated carbocycles. The Morgan fingerprint density at radius 3 is 1.67 bits per heavy atom. The molecular formula is C12H25. The summed E-state index contributed by atoms with van der Waals surface area (Å²) >= 11 is 0. The molecule has 12 heavy (non-hydrogen) atoms. The molecule has 0 nitrogen and oxygen atoms in total. The molecule has 0 rings (SSSR count). The fourth-order valence-electron chi connectivity index (χ4n) is 2.36. The minimum atomic E-state index is 0.510. The Bertz CT molecular complexity index is 109. The van der Waals surface area contributed by atoms with E-state index in [1.807, 2.05) is 0 Å². The molecule has 2 atom stereocenters. The van der Waals surface area contributed by atoms with Gasteiger partial charge in [0.25, 0.3) is 0 Å². The van der Waals surface area contributed by atoms with Crippen molar-refractivity contribution in [1.82, 2.24) is 0 Å². The van der Waals surface area contributed by atoms with Gasteiger partial charge in [-0.1, -0.05) is 60.8 Å². The predicted octanol–water partition coefficient (Wildman–Crippen LogP) is 4.31. The largest absolute Gasteiger partial charge is 0.0651 e. The zero-order chi connectivity index (χ0) is 9.78. The molecule has 0 aliphatic heterocycles. The summed E-state index contributed by atoms with van der Waals surface area (Å²) in [6.45, 7) is 15.7. The molecule has 0 heteroatoms. The van der Waals surface area contributed by atoms with Crippen molar-refractivity contribution in [1.29, 1.82) is 0 Å². The molecule has 0 bridgehead atoms. The molecule has 1 radical (unpaired) electrons. The van der Waals surface area contributed by atoms with Gasteiger partial charge in [0.2, 0.25) is 0 Å². The minimum absolute atomic E-state index is 0.510. The van der Waals surface area contributed by atoms with Crippen molar-refractivity contribution in [3.63, 3.8) is 0 Å². The normalized spacial score (nSPS) is 15.2. The van der Waals surface area contributed by atoms with Crippen LogP contribution in [0.2, 0.25) is 0 Å². The van der Waals surface area contributed by atoms with E-state index in [9.17, 15) is 0 Å². The second kappa shape index (κ2) is 4.89. The summed E-state index contributed by atoms with van der Waals surface area (Å²) in [4.78, 5) is 0. The summed E-state index contributed by atoms with van der Waals surface area (Å²) in [6, 6.07) is 0. The fraction of sp³-hybridized carbons (Fsp3) is 0.917. The Morgan fingerprint density at radius 2 is 1.58 bits per heavy atom. The summed E-state index contributed by atoms with van der Waals surface area (Å²) < 4.78 is 0. The molecule has 0 aliphatic rings. The van der Waals surface area contributed by atoms with E-state index >= 15 is 0 Å². The Balaban J connectivity index is 4.43. The Labute approximate surface area is 78.8 Å². The lowest BCUT2D eigenvalue weighted by atomic mass is 9.67. The minimum Gasteiger partial charge on any atom is -0.0651 e. The summed E-state index contributed by atoms with van der Waals surface area (Å²) in [5, 5.41) is 0. The third-order valence-electron chi connectivity index (χ3n) is 3.64. The molecule has 0 aliphatic carbocycles. The first-order valence-corrected chi connectivity index (χ1v) is 5.34. The van der Waals surface area contributed by atoms with Gasteiger partial charge in [0, 0.05) is 0 Å². The van der Waals surface area contributed by atoms with Gasteiger partial charge in [-0.3, -0.25) is 0 Å². The molecule has 0 saturated heterocycles. The third-order valence-corrected chi connectivity index (χ3v) is 3.64. The maximum absolute atomic E-state index is 4.17. The van der Waals surface area contributed by atoms with Crippen molar-refractivity contribution in [2.45, 2.75) is 53.9 Å². The number of hydrogen-bond donors (Lipinski definition) is 0. The maximum atomic E-state index is 4.17. The van der Waals surface area contributed by atoms with Gasteiger partial charge in [-0.15, -0.1) is 0 Å². The van der Waals surface area contributed by atoms with E-state index in [0.717, 1.165) is 5.92 Å². The molecule has 0 aromatic carbocycles. The summed E-state index contributed by atoms with van der Waals surface area (Å²) in [7, 11) is 0. The quantitative estimate of drug-likeness (QED) is 0.575. The van der Waals surface area contributed by atoms with Crippen molar-refractivity contribution >= 4 is 0 Å². The van der Waals surface area contributed by atoms with Crippen LogP contribution in [0, 0.1) is 24.2 Å². The van der Waals surface area contributed by atoms with Crippen LogP contribution >= 0.6 is 0 Å². The van der Waals surface area contributed by atoms with Crippen molar-refractivity contribution in [3.05, 3.63) is 6.92 Å². The molecule has 0 amide bonds. The summed E-state index contributed by atoms with van der Waals surface area (Å²) in [5.74, 6) is 1.37. The van der Waals surface area contributed by atoms with Gasteiger partial charge in [0.1, 0.15) is 0 Å². The first-order chi connectivity index (χ1) is 5.51. The van der Waals surface area contributed by atoms with E-state index in [-0.39, 0.29) is 0 Å². The lowest BCUT2D eigenvalue weighted by molar-refractivity contribution is 0.127. The zero-order valence-electron chi connectivity index (χ0n) is 9.48. The van der Waals surface area contributed by atoms with E-state index in [4.69, 9.17) is 0 Å². The molecule has 0 spiro atoms. The van der Waals surface area contributed by atoms with Gasteiger partial charge < -0.3 is 0 Å². The maximum Gasteiger partial charge on any atom is -0.0300 e. The molecular weight excluding hydrogens is 144 g/mol. The van der Waals surface area contributed by atoms with E-state index in [1.165, 1.54) is 19.3 Å². The van der Waals surface area contributed by atoms with Gasteiger partial charge in [0.05, 0.1) is 0 Å². The first-order valence-electron chi connectivity index (χ1n) is 5.34. The van der Waals surface area contributed by atoms with Crippen LogP contribution in [0.25, 0.3) is 0 Å². The van der Waals surface area contributed by atoms with Crippen LogP contribution in [-0.4, -0.2) is 0 Å². The molecule has 0 aromatic rings. The van der Waals surface area contributed by atoms with E-state index in [1.54, 1.807) is 0 Å². The average molecular weight is 169 g/mol. The van der Waals surface area contributed by atoms with Crippen LogP contribution in [-0.2, 0) is 0 Å². The first kappa shape index (κ1) is 12.0. The highest BCUT2D eigenvalue weighted by atomic mass is 14.4. The average Bonchev–Trinajstić information content (AvgIpc) is 2.04. The lowest BCUT2D eigenvalue weighted by Crippen LogP contribution is -2.29. The molecule has 2 unspecified atom stereocenters. The number of hydrogen-bond acceptors (Lipinski definition) is 0. The highest BCUT2D eigenvalue weighted by Crippen LogP contribution is 2.40. The van der Waals surface area contributed by atoms with Gasteiger partial charge in [-0.25, -0.2) is 0 Å². The molecule has 0 fully saturated rings. The number of rotatable bonds is 5. The Morgan fingerprint density at radius 1 is 1.17 bits per heavy atom. The van der Waals surface area contributed by atoms with E-state index in [0.29, 0.717) is 11.3 Å². The fourth-order valence-corrected chi connectivity index (χ4v) is 2.36. The Kier molecular flexibility index (Phi) is 4.89. The van der Waals surface area contributed by atoms with Crippen molar-refractivity contribution in [2.75, 3.05) is 0 Å². The standard InChI is InChI=1S/C12H25/c1-7-11(10(4)5)12(6,8-2)9-3/h10-11H,4,7-9H2,1-3,5-6H3. The monoisotopic (exact) mass is 169 g/mol. The molecule has 0 aromatic heterocycles. The highest BCUT2D eigenvalue weighted by Gasteiger charge is 2.31. The van der Waals surface area contributed by atoms with Crippen LogP contribution in [0.4, 0.5) is 0 Å². The zero-order valence-corrected chi connectivity index (χ0v) is 9.48. The molecule has 0 N–H and O–H groups in total. The van der Waals surface area contributed by atoms with Crippen LogP contribution < -0.4 is 0 Å².